The molecule has 1 N–H and O–H groups in total. The lowest BCUT2D eigenvalue weighted by Crippen LogP contribution is -2.08. The highest BCUT2D eigenvalue weighted by Crippen LogP contribution is 2.28. The van der Waals surface area contributed by atoms with Crippen molar-refractivity contribution in [2.75, 3.05) is 7.11 Å². The van der Waals surface area contributed by atoms with E-state index in [1.807, 2.05) is 0 Å². The summed E-state index contributed by atoms with van der Waals surface area (Å²) in [4.78, 5) is 13.4. The minimum atomic E-state index is -3.03. The zero-order chi connectivity index (χ0) is 11.6. The number of hydrogen-bond donors (Lipinski definition) is 1. The van der Waals surface area contributed by atoms with E-state index in [0.717, 1.165) is 7.11 Å². The average Bonchev–Trinajstić information content (AvgIpc) is 2.16. The summed E-state index contributed by atoms with van der Waals surface area (Å²) in [6, 6.07) is 0.567. The highest BCUT2D eigenvalue weighted by molar-refractivity contribution is 5.85. The van der Waals surface area contributed by atoms with Crippen molar-refractivity contribution in [1.82, 2.24) is 4.98 Å². The van der Waals surface area contributed by atoms with Crippen LogP contribution < -0.4 is 4.74 Å². The number of alkyl halides is 2. The molecule has 0 saturated carbocycles. The molecular formula is C8H6F3NO3. The lowest BCUT2D eigenvalue weighted by Gasteiger charge is -2.07. The zero-order valence-electron chi connectivity index (χ0n) is 7.50. The van der Waals surface area contributed by atoms with Crippen molar-refractivity contribution in [1.29, 1.82) is 0 Å². The predicted molar refractivity (Wildman–Crippen MR) is 42.7 cm³/mol. The normalized spacial score (nSPS) is 10.5. The number of ether oxygens (including phenoxy) is 1. The third-order valence-corrected chi connectivity index (χ3v) is 1.60. The fraction of sp³-hybridized carbons (Fsp3) is 0.250. The van der Waals surface area contributed by atoms with Gasteiger partial charge < -0.3 is 9.84 Å². The van der Waals surface area contributed by atoms with Gasteiger partial charge in [-0.2, -0.15) is 0 Å². The number of pyridine rings is 1. The molecule has 0 aliphatic carbocycles. The Morgan fingerprint density at radius 1 is 1.60 bits per heavy atom. The molecule has 0 radical (unpaired) electrons. The van der Waals surface area contributed by atoms with E-state index in [0.29, 0.717) is 6.07 Å². The summed E-state index contributed by atoms with van der Waals surface area (Å²) in [5, 5.41) is 8.45. The van der Waals surface area contributed by atoms with Crippen molar-refractivity contribution in [2.24, 2.45) is 0 Å². The molecule has 0 aromatic carbocycles. The molecular weight excluding hydrogens is 215 g/mol. The van der Waals surface area contributed by atoms with Crippen LogP contribution in [0, 0.1) is 5.82 Å². The summed E-state index contributed by atoms with van der Waals surface area (Å²) in [5.74, 6) is -3.41. The van der Waals surface area contributed by atoms with Gasteiger partial charge in [-0.25, -0.2) is 22.9 Å². The lowest BCUT2D eigenvalue weighted by molar-refractivity contribution is 0.0682. The van der Waals surface area contributed by atoms with Gasteiger partial charge in [0.15, 0.2) is 11.5 Å². The molecule has 1 aromatic heterocycles. The topological polar surface area (TPSA) is 59.4 Å². The first-order chi connectivity index (χ1) is 6.97. The third-order valence-electron chi connectivity index (χ3n) is 1.60. The fourth-order valence-electron chi connectivity index (χ4n) is 0.956. The molecule has 0 unspecified atom stereocenters. The fourth-order valence-corrected chi connectivity index (χ4v) is 0.956. The Balaban J connectivity index is 3.37. The van der Waals surface area contributed by atoms with E-state index in [1.165, 1.54) is 0 Å². The molecule has 0 aliphatic heterocycles. The maximum absolute atomic E-state index is 13.0. The van der Waals surface area contributed by atoms with Crippen LogP contribution in [0.4, 0.5) is 13.2 Å². The van der Waals surface area contributed by atoms with Crippen molar-refractivity contribution in [2.45, 2.75) is 6.43 Å². The summed E-state index contributed by atoms with van der Waals surface area (Å²) in [6.07, 6.45) is -3.03. The van der Waals surface area contributed by atoms with E-state index in [9.17, 15) is 18.0 Å². The predicted octanol–water partition coefficient (Wildman–Crippen LogP) is 1.87. The molecule has 4 nitrogen and oxygen atoms in total. The van der Waals surface area contributed by atoms with Crippen LogP contribution in [0.5, 0.6) is 5.75 Å². The van der Waals surface area contributed by atoms with E-state index in [-0.39, 0.29) is 0 Å². The molecule has 1 aromatic rings. The Morgan fingerprint density at radius 2 is 2.20 bits per heavy atom. The molecule has 15 heavy (non-hydrogen) atoms. The van der Waals surface area contributed by atoms with Crippen LogP contribution in [0.2, 0.25) is 0 Å². The van der Waals surface area contributed by atoms with Gasteiger partial charge in [0, 0.05) is 6.07 Å². The largest absolute Gasteiger partial charge is 0.495 e. The first-order valence-electron chi connectivity index (χ1n) is 3.73. The Bertz CT molecular complexity index is 395. The number of nitrogens with zero attached hydrogens (tertiary/aromatic N) is 1. The summed E-state index contributed by atoms with van der Waals surface area (Å²) in [5.41, 5.74) is -1.94. The summed E-state index contributed by atoms with van der Waals surface area (Å²) in [7, 11) is 1.06. The number of carboxylic acids is 1. The van der Waals surface area contributed by atoms with E-state index >= 15 is 0 Å². The van der Waals surface area contributed by atoms with Crippen LogP contribution in [0.25, 0.3) is 0 Å². The van der Waals surface area contributed by atoms with Gasteiger partial charge in [0.1, 0.15) is 11.4 Å². The number of rotatable bonds is 3. The SMILES string of the molecule is COc1cc(F)c(C(=O)O)nc1C(F)F. The van der Waals surface area contributed by atoms with E-state index < -0.39 is 35.3 Å². The van der Waals surface area contributed by atoms with Crippen LogP contribution >= 0.6 is 0 Å². The van der Waals surface area contributed by atoms with Gasteiger partial charge in [-0.15, -0.1) is 0 Å². The van der Waals surface area contributed by atoms with E-state index in [4.69, 9.17) is 5.11 Å². The zero-order valence-corrected chi connectivity index (χ0v) is 7.50. The molecule has 0 amide bonds. The number of carboxylic acid groups (broad SMARTS) is 1. The lowest BCUT2D eigenvalue weighted by atomic mass is 10.2. The number of aromatic nitrogens is 1. The molecule has 0 atom stereocenters. The Kier molecular flexibility index (Phi) is 3.13. The number of aromatic carboxylic acids is 1. The smallest absolute Gasteiger partial charge is 0.357 e. The highest BCUT2D eigenvalue weighted by Gasteiger charge is 2.22. The minimum Gasteiger partial charge on any atom is -0.495 e. The van der Waals surface area contributed by atoms with Crippen molar-refractivity contribution in [3.05, 3.63) is 23.3 Å². The standard InChI is InChI=1S/C8H6F3NO3/c1-15-4-2-3(9)5(8(13)14)12-6(4)7(10)11/h2,7H,1H3,(H,13,14). The third kappa shape index (κ3) is 2.17. The van der Waals surface area contributed by atoms with Gasteiger partial charge in [-0.3, -0.25) is 0 Å². The van der Waals surface area contributed by atoms with Crippen molar-refractivity contribution < 1.29 is 27.8 Å². The summed E-state index contributed by atoms with van der Waals surface area (Å²) < 4.78 is 42.1. The summed E-state index contributed by atoms with van der Waals surface area (Å²) in [6.45, 7) is 0. The monoisotopic (exact) mass is 221 g/mol. The van der Waals surface area contributed by atoms with Gasteiger partial charge in [0.05, 0.1) is 7.11 Å². The van der Waals surface area contributed by atoms with Gasteiger partial charge in [0.25, 0.3) is 6.43 Å². The second-order valence-electron chi connectivity index (χ2n) is 2.51. The van der Waals surface area contributed by atoms with Gasteiger partial charge in [-0.05, 0) is 0 Å². The van der Waals surface area contributed by atoms with Gasteiger partial charge in [0.2, 0.25) is 0 Å². The maximum Gasteiger partial charge on any atom is 0.357 e. The highest BCUT2D eigenvalue weighted by atomic mass is 19.3. The van der Waals surface area contributed by atoms with Crippen molar-refractivity contribution in [3.63, 3.8) is 0 Å². The molecule has 0 spiro atoms. The van der Waals surface area contributed by atoms with Gasteiger partial charge in [-0.1, -0.05) is 0 Å². The number of halogens is 3. The first kappa shape index (κ1) is 11.3. The number of hydrogen-bond acceptors (Lipinski definition) is 3. The molecule has 0 saturated heterocycles. The Labute approximate surface area is 82.3 Å². The van der Waals surface area contributed by atoms with E-state index in [1.54, 1.807) is 0 Å². The second kappa shape index (κ2) is 4.16. The van der Waals surface area contributed by atoms with Gasteiger partial charge >= 0.3 is 5.97 Å². The van der Waals surface area contributed by atoms with E-state index in [2.05, 4.69) is 9.72 Å². The number of carbonyl (C=O) groups is 1. The molecule has 1 rings (SSSR count). The van der Waals surface area contributed by atoms with Crippen LogP contribution in [-0.4, -0.2) is 23.2 Å². The van der Waals surface area contributed by atoms with Crippen molar-refractivity contribution >= 4 is 5.97 Å². The molecule has 82 valence electrons. The molecule has 0 aliphatic rings. The molecule has 1 heterocycles. The first-order valence-corrected chi connectivity index (χ1v) is 3.73. The Morgan fingerprint density at radius 3 is 2.60 bits per heavy atom. The van der Waals surface area contributed by atoms with Crippen LogP contribution in [0.15, 0.2) is 6.07 Å². The maximum atomic E-state index is 13.0. The summed E-state index contributed by atoms with van der Waals surface area (Å²) >= 11 is 0. The quantitative estimate of drug-likeness (QED) is 0.846. The minimum absolute atomic E-state index is 0.479. The molecule has 7 heteroatoms. The van der Waals surface area contributed by atoms with Crippen LogP contribution in [0.1, 0.15) is 22.6 Å². The second-order valence-corrected chi connectivity index (χ2v) is 2.51. The van der Waals surface area contributed by atoms with Crippen molar-refractivity contribution in [3.8, 4) is 5.75 Å². The molecule has 0 bridgehead atoms. The Hall–Kier alpha value is -1.79. The molecule has 0 fully saturated rings. The van der Waals surface area contributed by atoms with Crippen LogP contribution in [0.3, 0.4) is 0 Å². The average molecular weight is 221 g/mol. The number of methoxy groups -OCH3 is 1. The van der Waals surface area contributed by atoms with Crippen LogP contribution in [-0.2, 0) is 0 Å².